The molecular formula is C16H20ClNO3. The van der Waals surface area contributed by atoms with Gasteiger partial charge in [0.25, 0.3) is 0 Å². The van der Waals surface area contributed by atoms with Crippen LogP contribution in [-0.4, -0.2) is 37.5 Å². The van der Waals surface area contributed by atoms with Gasteiger partial charge in [0.15, 0.2) is 0 Å². The smallest absolute Gasteiger partial charge is 0.305 e. The average Bonchev–Trinajstić information content (AvgIpc) is 3.28. The Labute approximate surface area is 130 Å². The van der Waals surface area contributed by atoms with Crippen molar-refractivity contribution in [2.45, 2.75) is 31.1 Å². The Balaban J connectivity index is 1.95. The maximum Gasteiger partial charge on any atom is 0.305 e. The summed E-state index contributed by atoms with van der Waals surface area (Å²) >= 11 is 5.90. The van der Waals surface area contributed by atoms with Gasteiger partial charge in [-0.3, -0.25) is 9.59 Å². The van der Waals surface area contributed by atoms with Gasteiger partial charge >= 0.3 is 5.97 Å². The molecule has 0 unspecified atom stereocenters. The van der Waals surface area contributed by atoms with E-state index in [4.69, 9.17) is 11.6 Å². The fraction of sp³-hybridized carbons (Fsp3) is 0.500. The summed E-state index contributed by atoms with van der Waals surface area (Å²) in [5, 5.41) is 0.674. The number of ether oxygens (including phenoxy) is 1. The first-order chi connectivity index (χ1) is 9.99. The number of carbonyl (C=O) groups is 2. The summed E-state index contributed by atoms with van der Waals surface area (Å²) in [5.74, 6) is -0.121. The van der Waals surface area contributed by atoms with E-state index >= 15 is 0 Å². The molecule has 1 amide bonds. The summed E-state index contributed by atoms with van der Waals surface area (Å²) in [7, 11) is 3.16. The van der Waals surface area contributed by atoms with Gasteiger partial charge in [0.1, 0.15) is 0 Å². The molecule has 4 nitrogen and oxygen atoms in total. The molecule has 2 rings (SSSR count). The van der Waals surface area contributed by atoms with E-state index in [-0.39, 0.29) is 17.3 Å². The van der Waals surface area contributed by atoms with Crippen molar-refractivity contribution in [1.82, 2.24) is 4.90 Å². The number of hydrogen-bond acceptors (Lipinski definition) is 3. The van der Waals surface area contributed by atoms with Gasteiger partial charge in [0, 0.05) is 25.0 Å². The second kappa shape index (κ2) is 6.48. The number of likely N-dealkylation sites (N-methyl/N-ethyl adjacent to an activating group) is 1. The predicted octanol–water partition coefficient (Wildman–Crippen LogP) is 2.78. The summed E-state index contributed by atoms with van der Waals surface area (Å²) in [5.41, 5.74) is 0.640. The van der Waals surface area contributed by atoms with Crippen LogP contribution in [0.15, 0.2) is 24.3 Å². The minimum Gasteiger partial charge on any atom is -0.469 e. The van der Waals surface area contributed by atoms with E-state index in [2.05, 4.69) is 4.74 Å². The van der Waals surface area contributed by atoms with E-state index in [9.17, 15) is 9.59 Å². The molecule has 0 heterocycles. The van der Waals surface area contributed by atoms with Crippen molar-refractivity contribution in [2.75, 3.05) is 20.7 Å². The van der Waals surface area contributed by atoms with Gasteiger partial charge in [-0.05, 0) is 37.0 Å². The normalized spacial score (nSPS) is 15.4. The first-order valence-electron chi connectivity index (χ1n) is 7.08. The van der Waals surface area contributed by atoms with Crippen LogP contribution in [-0.2, 0) is 19.7 Å². The van der Waals surface area contributed by atoms with Gasteiger partial charge in [-0.25, -0.2) is 0 Å². The number of hydrogen-bond donors (Lipinski definition) is 0. The van der Waals surface area contributed by atoms with Crippen LogP contribution in [0.1, 0.15) is 31.2 Å². The first-order valence-corrected chi connectivity index (χ1v) is 7.46. The molecule has 0 bridgehead atoms. The van der Waals surface area contributed by atoms with E-state index in [0.717, 1.165) is 18.4 Å². The van der Waals surface area contributed by atoms with Crippen LogP contribution in [0.2, 0.25) is 5.02 Å². The first kappa shape index (κ1) is 15.8. The maximum atomic E-state index is 12.6. The molecule has 0 aromatic heterocycles. The highest BCUT2D eigenvalue weighted by Crippen LogP contribution is 2.49. The number of carbonyl (C=O) groups excluding carboxylic acids is 2. The van der Waals surface area contributed by atoms with Gasteiger partial charge in [-0.15, -0.1) is 0 Å². The molecule has 114 valence electrons. The van der Waals surface area contributed by atoms with Crippen LogP contribution in [0.4, 0.5) is 0 Å². The number of methoxy groups -OCH3 is 1. The van der Waals surface area contributed by atoms with Crippen LogP contribution in [0.25, 0.3) is 0 Å². The number of halogens is 1. The van der Waals surface area contributed by atoms with Crippen molar-refractivity contribution >= 4 is 23.5 Å². The zero-order valence-corrected chi connectivity index (χ0v) is 13.2. The molecule has 0 atom stereocenters. The van der Waals surface area contributed by atoms with Gasteiger partial charge in [0.2, 0.25) is 5.91 Å². The maximum absolute atomic E-state index is 12.6. The van der Waals surface area contributed by atoms with Crippen LogP contribution < -0.4 is 0 Å². The number of rotatable bonds is 6. The third-order valence-electron chi connectivity index (χ3n) is 4.00. The van der Waals surface area contributed by atoms with Crippen molar-refractivity contribution in [3.63, 3.8) is 0 Å². The highest BCUT2D eigenvalue weighted by molar-refractivity contribution is 6.30. The lowest BCUT2D eigenvalue weighted by molar-refractivity contribution is -0.141. The zero-order chi connectivity index (χ0) is 15.5. The summed E-state index contributed by atoms with van der Waals surface area (Å²) in [6, 6.07) is 7.49. The molecule has 5 heteroatoms. The van der Waals surface area contributed by atoms with Crippen molar-refractivity contribution in [3.05, 3.63) is 34.9 Å². The highest BCUT2D eigenvalue weighted by atomic mass is 35.5. The van der Waals surface area contributed by atoms with Crippen LogP contribution in [0, 0.1) is 0 Å². The van der Waals surface area contributed by atoms with Crippen LogP contribution in [0.5, 0.6) is 0 Å². The molecule has 1 saturated carbocycles. The topological polar surface area (TPSA) is 46.6 Å². The molecule has 0 N–H and O–H groups in total. The number of benzene rings is 1. The third kappa shape index (κ3) is 3.56. The second-order valence-corrected chi connectivity index (χ2v) is 5.93. The Morgan fingerprint density at radius 2 is 1.90 bits per heavy atom. The van der Waals surface area contributed by atoms with Crippen LogP contribution in [0.3, 0.4) is 0 Å². The molecule has 1 aliphatic rings. The molecule has 1 aromatic rings. The van der Waals surface area contributed by atoms with Gasteiger partial charge in [-0.1, -0.05) is 23.7 Å². The molecule has 1 aliphatic carbocycles. The molecule has 0 aliphatic heterocycles. The molecule has 21 heavy (non-hydrogen) atoms. The van der Waals surface area contributed by atoms with Gasteiger partial charge in [0.05, 0.1) is 12.5 Å². The number of nitrogens with zero attached hydrogens (tertiary/aromatic N) is 1. The lowest BCUT2D eigenvalue weighted by Crippen LogP contribution is -2.37. The standard InChI is InChI=1S/C16H20ClNO3/c1-18(11-3-4-14(19)21-2)15(20)16(9-10-16)12-5-7-13(17)8-6-12/h5-8H,3-4,9-11H2,1-2H3. The number of amides is 1. The fourth-order valence-electron chi connectivity index (χ4n) is 2.55. The van der Waals surface area contributed by atoms with E-state index in [1.165, 1.54) is 7.11 Å². The van der Waals surface area contributed by atoms with Gasteiger partial charge in [-0.2, -0.15) is 0 Å². The fourth-order valence-corrected chi connectivity index (χ4v) is 2.68. The van der Waals surface area contributed by atoms with Crippen molar-refractivity contribution in [2.24, 2.45) is 0 Å². The molecule has 0 saturated heterocycles. The lowest BCUT2D eigenvalue weighted by atomic mass is 9.94. The minimum atomic E-state index is -0.384. The van der Waals surface area contributed by atoms with Crippen molar-refractivity contribution in [3.8, 4) is 0 Å². The predicted molar refractivity (Wildman–Crippen MR) is 81.3 cm³/mol. The summed E-state index contributed by atoms with van der Waals surface area (Å²) < 4.78 is 4.60. The summed E-state index contributed by atoms with van der Waals surface area (Å²) in [6.07, 6.45) is 2.69. The second-order valence-electron chi connectivity index (χ2n) is 5.50. The third-order valence-corrected chi connectivity index (χ3v) is 4.26. The van der Waals surface area contributed by atoms with Crippen molar-refractivity contribution in [1.29, 1.82) is 0 Å². The molecule has 0 radical (unpaired) electrons. The monoisotopic (exact) mass is 309 g/mol. The van der Waals surface area contributed by atoms with Gasteiger partial charge < -0.3 is 9.64 Å². The van der Waals surface area contributed by atoms with Crippen LogP contribution >= 0.6 is 11.6 Å². The molecule has 1 aromatic carbocycles. The molecule has 1 fully saturated rings. The SMILES string of the molecule is COC(=O)CCCN(C)C(=O)C1(c2ccc(Cl)cc2)CC1. The zero-order valence-electron chi connectivity index (χ0n) is 12.4. The Morgan fingerprint density at radius 1 is 1.29 bits per heavy atom. The Kier molecular flexibility index (Phi) is 4.88. The largest absolute Gasteiger partial charge is 0.469 e. The Morgan fingerprint density at radius 3 is 2.43 bits per heavy atom. The molecular weight excluding hydrogens is 290 g/mol. The summed E-state index contributed by atoms with van der Waals surface area (Å²) in [4.78, 5) is 25.4. The summed E-state index contributed by atoms with van der Waals surface area (Å²) in [6.45, 7) is 0.559. The number of esters is 1. The quantitative estimate of drug-likeness (QED) is 0.759. The van der Waals surface area contributed by atoms with E-state index in [1.54, 1.807) is 11.9 Å². The minimum absolute atomic E-state index is 0.120. The van der Waals surface area contributed by atoms with Crippen molar-refractivity contribution < 1.29 is 14.3 Å². The van der Waals surface area contributed by atoms with E-state index in [1.807, 2.05) is 24.3 Å². The Hall–Kier alpha value is -1.55. The van der Waals surface area contributed by atoms with E-state index < -0.39 is 0 Å². The molecule has 0 spiro atoms. The lowest BCUT2D eigenvalue weighted by Gasteiger charge is -2.23. The average molecular weight is 310 g/mol. The Bertz CT molecular complexity index is 523. The highest BCUT2D eigenvalue weighted by Gasteiger charge is 2.52. The van der Waals surface area contributed by atoms with E-state index in [0.29, 0.717) is 24.4 Å².